The number of carboxylic acid groups (broad SMARTS) is 1. The van der Waals surface area contributed by atoms with Crippen LogP contribution in [0.4, 0.5) is 4.39 Å². The summed E-state index contributed by atoms with van der Waals surface area (Å²) in [6, 6.07) is 7.59. The molecule has 1 aliphatic rings. The third-order valence-electron chi connectivity index (χ3n) is 4.33. The minimum atomic E-state index is -3.73. The van der Waals surface area contributed by atoms with Gasteiger partial charge >= 0.3 is 5.97 Å². The van der Waals surface area contributed by atoms with E-state index in [2.05, 4.69) is 0 Å². The molecule has 0 bridgehead atoms. The highest BCUT2D eigenvalue weighted by Gasteiger charge is 2.38. The third-order valence-corrected chi connectivity index (χ3v) is 5.49. The predicted octanol–water partition coefficient (Wildman–Crippen LogP) is 3.04. The van der Waals surface area contributed by atoms with Crippen molar-refractivity contribution in [1.29, 1.82) is 5.26 Å². The van der Waals surface area contributed by atoms with Crippen LogP contribution in [0, 0.1) is 17.1 Å². The second-order valence-corrected chi connectivity index (χ2v) is 8.42. The largest absolute Gasteiger partial charge is 0.481 e. The number of ether oxygens (including phenoxy) is 1. The topological polar surface area (TPSA) is 122 Å². The van der Waals surface area contributed by atoms with E-state index in [9.17, 15) is 22.4 Å². The average Bonchev–Trinajstić information content (AvgIpc) is 2.89. The van der Waals surface area contributed by atoms with E-state index in [0.717, 1.165) is 18.4 Å². The molecule has 0 saturated carbocycles. The van der Waals surface area contributed by atoms with Crippen LogP contribution < -0.4 is 4.74 Å². The molecule has 0 aromatic heterocycles. The molecule has 1 aliphatic carbocycles. The maximum Gasteiger partial charge on any atom is 0.303 e. The zero-order chi connectivity index (χ0) is 20.6. The Morgan fingerprint density at radius 3 is 2.68 bits per heavy atom. The van der Waals surface area contributed by atoms with E-state index in [1.165, 1.54) is 18.2 Å². The number of ketones is 1. The molecule has 144 valence electrons. The van der Waals surface area contributed by atoms with Gasteiger partial charge in [0.05, 0.1) is 28.5 Å². The highest BCUT2D eigenvalue weighted by atomic mass is 32.2. The second-order valence-electron chi connectivity index (χ2n) is 6.43. The molecule has 0 radical (unpaired) electrons. The standard InChI is InChI=1S/C19H14FNO6S/c1-28(25,26)16-3-2-15(27-13-5-10(9-21)4-12(20)8-13)19-14(22)6-11(18(16)19)7-17(23)24/h2-5,8,11H,6-7H2,1H3,(H,23,24)/t11-/m1/s1. The number of Topliss-reactive ketones (excluding diaryl/α,β-unsaturated/α-hetero) is 1. The lowest BCUT2D eigenvalue weighted by atomic mass is 9.97. The van der Waals surface area contributed by atoms with Crippen molar-refractivity contribution >= 4 is 21.6 Å². The summed E-state index contributed by atoms with van der Waals surface area (Å²) in [4.78, 5) is 23.6. The van der Waals surface area contributed by atoms with Crippen LogP contribution in [0.1, 0.15) is 40.2 Å². The van der Waals surface area contributed by atoms with Gasteiger partial charge in [-0.15, -0.1) is 0 Å². The van der Waals surface area contributed by atoms with Gasteiger partial charge in [0.2, 0.25) is 0 Å². The lowest BCUT2D eigenvalue weighted by Crippen LogP contribution is -2.09. The van der Waals surface area contributed by atoms with Crippen LogP contribution in [0.5, 0.6) is 11.5 Å². The fourth-order valence-corrected chi connectivity index (χ4v) is 4.29. The highest BCUT2D eigenvalue weighted by molar-refractivity contribution is 7.90. The first-order valence-corrected chi connectivity index (χ1v) is 9.99. The number of carbonyl (C=O) groups excluding carboxylic acids is 1. The molecule has 0 aliphatic heterocycles. The molecular weight excluding hydrogens is 389 g/mol. The van der Waals surface area contributed by atoms with Crippen molar-refractivity contribution in [2.75, 3.05) is 6.26 Å². The van der Waals surface area contributed by atoms with Crippen molar-refractivity contribution < 1.29 is 32.2 Å². The van der Waals surface area contributed by atoms with Crippen molar-refractivity contribution in [2.45, 2.75) is 23.7 Å². The summed E-state index contributed by atoms with van der Waals surface area (Å²) >= 11 is 0. The monoisotopic (exact) mass is 403 g/mol. The number of nitriles is 1. The zero-order valence-electron chi connectivity index (χ0n) is 14.6. The second kappa shape index (κ2) is 7.05. The van der Waals surface area contributed by atoms with E-state index in [4.69, 9.17) is 15.1 Å². The Labute approximate surface area is 159 Å². The van der Waals surface area contributed by atoms with Crippen LogP contribution in [0.2, 0.25) is 0 Å². The summed E-state index contributed by atoms with van der Waals surface area (Å²) in [6.07, 6.45) is 0.385. The predicted molar refractivity (Wildman–Crippen MR) is 94.7 cm³/mol. The molecule has 1 N–H and O–H groups in total. The number of aliphatic carboxylic acids is 1. The van der Waals surface area contributed by atoms with Crippen LogP contribution in [0.25, 0.3) is 0 Å². The van der Waals surface area contributed by atoms with Crippen molar-refractivity contribution in [3.05, 3.63) is 52.8 Å². The summed E-state index contributed by atoms with van der Waals surface area (Å²) < 4.78 is 43.5. The molecule has 0 spiro atoms. The minimum absolute atomic E-state index is 0.00878. The zero-order valence-corrected chi connectivity index (χ0v) is 15.4. The highest BCUT2D eigenvalue weighted by Crippen LogP contribution is 2.44. The third kappa shape index (κ3) is 3.73. The fourth-order valence-electron chi connectivity index (χ4n) is 3.31. The van der Waals surface area contributed by atoms with E-state index < -0.39 is 39.7 Å². The number of nitrogens with zero attached hydrogens (tertiary/aromatic N) is 1. The Kier molecular flexibility index (Phi) is 4.91. The lowest BCUT2D eigenvalue weighted by Gasteiger charge is -2.15. The number of halogens is 1. The maximum atomic E-state index is 13.7. The van der Waals surface area contributed by atoms with Crippen LogP contribution in [-0.2, 0) is 14.6 Å². The number of hydrogen-bond acceptors (Lipinski definition) is 6. The van der Waals surface area contributed by atoms with E-state index in [1.807, 2.05) is 0 Å². The van der Waals surface area contributed by atoms with Crippen molar-refractivity contribution in [2.24, 2.45) is 0 Å². The Bertz CT molecular complexity index is 1150. The van der Waals surface area contributed by atoms with Crippen molar-refractivity contribution in [3.63, 3.8) is 0 Å². The number of hydrogen-bond donors (Lipinski definition) is 1. The molecule has 0 saturated heterocycles. The van der Waals surface area contributed by atoms with Crippen molar-refractivity contribution in [1.82, 2.24) is 0 Å². The van der Waals surface area contributed by atoms with Gasteiger partial charge in [0.15, 0.2) is 15.6 Å². The Morgan fingerprint density at radius 1 is 1.36 bits per heavy atom. The van der Waals surface area contributed by atoms with Crippen LogP contribution in [0.3, 0.4) is 0 Å². The molecule has 3 rings (SSSR count). The smallest absolute Gasteiger partial charge is 0.303 e. The Hall–Kier alpha value is -3.25. The van der Waals surface area contributed by atoms with Gasteiger partial charge in [-0.1, -0.05) is 0 Å². The number of benzene rings is 2. The molecule has 1 atom stereocenters. The summed E-state index contributed by atoms with van der Waals surface area (Å²) in [5, 5.41) is 18.1. The fraction of sp³-hybridized carbons (Fsp3) is 0.211. The van der Waals surface area contributed by atoms with Gasteiger partial charge in [0.25, 0.3) is 0 Å². The molecule has 28 heavy (non-hydrogen) atoms. The number of carboxylic acids is 1. The summed E-state index contributed by atoms with van der Waals surface area (Å²) in [7, 11) is -3.73. The van der Waals surface area contributed by atoms with Gasteiger partial charge in [-0.25, -0.2) is 12.8 Å². The van der Waals surface area contributed by atoms with Gasteiger partial charge in [-0.05, 0) is 29.8 Å². The molecule has 0 heterocycles. The SMILES string of the molecule is CS(=O)(=O)c1ccc(Oc2cc(F)cc(C#N)c2)c2c1[C@@H](CC(=O)O)CC2=O. The van der Waals surface area contributed by atoms with Gasteiger partial charge in [0, 0.05) is 24.7 Å². The first kappa shape index (κ1) is 19.5. The van der Waals surface area contributed by atoms with E-state index in [0.29, 0.717) is 0 Å². The molecule has 0 fully saturated rings. The molecule has 2 aromatic rings. The number of fused-ring (bicyclic) bond motifs is 1. The van der Waals surface area contributed by atoms with E-state index in [1.54, 1.807) is 6.07 Å². The number of rotatable bonds is 5. The first-order valence-electron chi connectivity index (χ1n) is 8.10. The van der Waals surface area contributed by atoms with Crippen LogP contribution in [0.15, 0.2) is 35.2 Å². The molecule has 9 heteroatoms. The van der Waals surface area contributed by atoms with Gasteiger partial charge in [-0.2, -0.15) is 5.26 Å². The molecule has 0 amide bonds. The lowest BCUT2D eigenvalue weighted by molar-refractivity contribution is -0.137. The quantitative estimate of drug-likeness (QED) is 0.814. The van der Waals surface area contributed by atoms with Gasteiger partial charge < -0.3 is 9.84 Å². The molecule has 7 nitrogen and oxygen atoms in total. The van der Waals surface area contributed by atoms with E-state index >= 15 is 0 Å². The van der Waals surface area contributed by atoms with E-state index in [-0.39, 0.29) is 39.5 Å². The average molecular weight is 403 g/mol. The number of sulfone groups is 1. The molecule has 0 unspecified atom stereocenters. The molecule has 2 aromatic carbocycles. The Morgan fingerprint density at radius 2 is 2.07 bits per heavy atom. The summed E-state index contributed by atoms with van der Waals surface area (Å²) in [6.45, 7) is 0. The summed E-state index contributed by atoms with van der Waals surface area (Å²) in [5.41, 5.74) is 0.0794. The van der Waals surface area contributed by atoms with Gasteiger partial charge in [0.1, 0.15) is 17.3 Å². The first-order chi connectivity index (χ1) is 13.1. The number of carbonyl (C=O) groups is 2. The normalized spacial score (nSPS) is 15.8. The maximum absolute atomic E-state index is 13.7. The molecular formula is C19H14FNO6S. The van der Waals surface area contributed by atoms with Crippen LogP contribution >= 0.6 is 0 Å². The van der Waals surface area contributed by atoms with Gasteiger partial charge in [-0.3, -0.25) is 9.59 Å². The Balaban J connectivity index is 2.17. The van der Waals surface area contributed by atoms with Crippen LogP contribution in [-0.4, -0.2) is 31.5 Å². The van der Waals surface area contributed by atoms with Crippen molar-refractivity contribution in [3.8, 4) is 17.6 Å². The summed E-state index contributed by atoms with van der Waals surface area (Å²) in [5.74, 6) is -3.21. The minimum Gasteiger partial charge on any atom is -0.481 e.